The Bertz CT molecular complexity index is 409. The van der Waals surface area contributed by atoms with Gasteiger partial charge in [-0.2, -0.15) is 0 Å². The number of benzene rings is 1. The zero-order valence-electron chi connectivity index (χ0n) is 10.6. The molecule has 100 valence electrons. The van der Waals surface area contributed by atoms with Crippen LogP contribution >= 0.6 is 11.6 Å². The highest BCUT2D eigenvalue weighted by atomic mass is 35.5. The molecule has 3 N–H and O–H groups in total. The van der Waals surface area contributed by atoms with Crippen LogP contribution in [0, 0.1) is 5.82 Å². The van der Waals surface area contributed by atoms with Crippen molar-refractivity contribution >= 4 is 17.5 Å². The van der Waals surface area contributed by atoms with Crippen LogP contribution in [0.25, 0.3) is 0 Å². The van der Waals surface area contributed by atoms with Crippen LogP contribution in [0.2, 0.25) is 5.02 Å². The molecule has 0 radical (unpaired) electrons. The number of hydrogen-bond acceptors (Lipinski definition) is 2. The molecule has 0 atom stereocenters. The van der Waals surface area contributed by atoms with Gasteiger partial charge in [-0.1, -0.05) is 17.7 Å². The van der Waals surface area contributed by atoms with E-state index in [1.807, 2.05) is 13.8 Å². The first-order valence-corrected chi connectivity index (χ1v) is 6.16. The number of rotatable bonds is 5. The lowest BCUT2D eigenvalue weighted by molar-refractivity contribution is -0.121. The molecule has 18 heavy (non-hydrogen) atoms. The Morgan fingerprint density at radius 1 is 1.50 bits per heavy atom. The Morgan fingerprint density at radius 2 is 2.17 bits per heavy atom. The first-order valence-electron chi connectivity index (χ1n) is 5.78. The number of carbonyl (C=O) groups excluding carboxylic acids is 1. The second-order valence-electron chi connectivity index (χ2n) is 4.97. The maximum Gasteiger partial charge on any atom is 0.220 e. The Kier molecular flexibility index (Phi) is 5.11. The van der Waals surface area contributed by atoms with Gasteiger partial charge in [-0.15, -0.1) is 0 Å². The van der Waals surface area contributed by atoms with Crippen LogP contribution in [-0.4, -0.2) is 18.0 Å². The zero-order valence-corrected chi connectivity index (χ0v) is 11.4. The van der Waals surface area contributed by atoms with E-state index < -0.39 is 5.54 Å². The summed E-state index contributed by atoms with van der Waals surface area (Å²) in [5.74, 6) is -0.540. The van der Waals surface area contributed by atoms with E-state index >= 15 is 0 Å². The summed E-state index contributed by atoms with van der Waals surface area (Å²) >= 11 is 5.87. The van der Waals surface area contributed by atoms with E-state index in [4.69, 9.17) is 17.3 Å². The summed E-state index contributed by atoms with van der Waals surface area (Å²) in [7, 11) is 0. The summed E-state index contributed by atoms with van der Waals surface area (Å²) in [6, 6.07) is 4.49. The lowest BCUT2D eigenvalue weighted by atomic mass is 10.1. The van der Waals surface area contributed by atoms with Crippen LogP contribution in [0.5, 0.6) is 0 Å². The van der Waals surface area contributed by atoms with Crippen molar-refractivity contribution in [2.45, 2.75) is 32.2 Å². The van der Waals surface area contributed by atoms with E-state index in [0.29, 0.717) is 17.1 Å². The molecular weight excluding hydrogens is 255 g/mol. The summed E-state index contributed by atoms with van der Waals surface area (Å²) in [4.78, 5) is 11.6. The van der Waals surface area contributed by atoms with Gasteiger partial charge in [-0.25, -0.2) is 4.39 Å². The monoisotopic (exact) mass is 272 g/mol. The van der Waals surface area contributed by atoms with Crippen LogP contribution in [-0.2, 0) is 11.2 Å². The van der Waals surface area contributed by atoms with Gasteiger partial charge >= 0.3 is 0 Å². The molecule has 0 heterocycles. The molecule has 0 aliphatic heterocycles. The van der Waals surface area contributed by atoms with Gasteiger partial charge in [0.1, 0.15) is 5.82 Å². The molecule has 0 bridgehead atoms. The molecule has 0 spiro atoms. The van der Waals surface area contributed by atoms with Gasteiger partial charge in [0.25, 0.3) is 0 Å². The molecule has 1 aromatic rings. The number of carbonyl (C=O) groups is 1. The van der Waals surface area contributed by atoms with E-state index in [1.54, 1.807) is 6.07 Å². The number of hydrogen-bond donors (Lipinski definition) is 2. The third kappa shape index (κ3) is 5.02. The van der Waals surface area contributed by atoms with E-state index in [2.05, 4.69) is 5.32 Å². The normalized spacial score (nSPS) is 11.4. The van der Waals surface area contributed by atoms with Crippen molar-refractivity contribution in [3.63, 3.8) is 0 Å². The first kappa shape index (κ1) is 14.9. The molecule has 0 saturated heterocycles. The largest absolute Gasteiger partial charge is 0.354 e. The third-order valence-corrected chi connectivity index (χ3v) is 2.76. The predicted octanol–water partition coefficient (Wildman–Crippen LogP) is 2.27. The smallest absolute Gasteiger partial charge is 0.220 e. The van der Waals surface area contributed by atoms with Crippen LogP contribution in [0.4, 0.5) is 4.39 Å². The average Bonchev–Trinajstić information content (AvgIpc) is 2.25. The molecule has 1 rings (SSSR count). The van der Waals surface area contributed by atoms with Gasteiger partial charge in [0, 0.05) is 29.1 Å². The summed E-state index contributed by atoms with van der Waals surface area (Å²) in [5.41, 5.74) is 5.67. The topological polar surface area (TPSA) is 55.1 Å². The quantitative estimate of drug-likeness (QED) is 0.864. The Hall–Kier alpha value is -1.13. The highest BCUT2D eigenvalue weighted by molar-refractivity contribution is 6.31. The van der Waals surface area contributed by atoms with Gasteiger partial charge in [-0.3, -0.25) is 4.79 Å². The molecule has 5 heteroatoms. The first-order chi connectivity index (χ1) is 8.29. The van der Waals surface area contributed by atoms with Crippen molar-refractivity contribution in [2.24, 2.45) is 5.73 Å². The minimum atomic E-state index is -0.453. The molecule has 0 aliphatic rings. The predicted molar refractivity (Wildman–Crippen MR) is 71.0 cm³/mol. The van der Waals surface area contributed by atoms with Crippen molar-refractivity contribution in [1.82, 2.24) is 5.32 Å². The lowest BCUT2D eigenvalue weighted by Crippen LogP contribution is -2.45. The Labute approximate surface area is 112 Å². The van der Waals surface area contributed by atoms with Gasteiger partial charge in [0.2, 0.25) is 5.91 Å². The van der Waals surface area contributed by atoms with Crippen LogP contribution < -0.4 is 11.1 Å². The van der Waals surface area contributed by atoms with Crippen molar-refractivity contribution in [3.8, 4) is 0 Å². The minimum absolute atomic E-state index is 0.159. The molecule has 1 aromatic carbocycles. The molecule has 1 amide bonds. The molecule has 0 unspecified atom stereocenters. The van der Waals surface area contributed by atoms with E-state index in [9.17, 15) is 9.18 Å². The fraction of sp³-hybridized carbons (Fsp3) is 0.462. The van der Waals surface area contributed by atoms with Crippen molar-refractivity contribution < 1.29 is 9.18 Å². The number of halogens is 2. The Balaban J connectivity index is 2.48. The molecular formula is C13H18ClFN2O. The fourth-order valence-electron chi connectivity index (χ4n) is 1.42. The molecule has 3 nitrogen and oxygen atoms in total. The summed E-state index contributed by atoms with van der Waals surface area (Å²) in [6.45, 7) is 4.03. The highest BCUT2D eigenvalue weighted by Crippen LogP contribution is 2.20. The lowest BCUT2D eigenvalue weighted by Gasteiger charge is -2.18. The van der Waals surface area contributed by atoms with Crippen LogP contribution in [0.1, 0.15) is 25.8 Å². The second-order valence-corrected chi connectivity index (χ2v) is 5.37. The molecule has 0 fully saturated rings. The van der Waals surface area contributed by atoms with Crippen molar-refractivity contribution in [3.05, 3.63) is 34.6 Å². The SMILES string of the molecule is CC(C)(N)CNC(=O)CCc1c(F)cccc1Cl. The summed E-state index contributed by atoms with van der Waals surface area (Å²) < 4.78 is 13.4. The van der Waals surface area contributed by atoms with E-state index in [0.717, 1.165) is 0 Å². The van der Waals surface area contributed by atoms with E-state index in [-0.39, 0.29) is 24.6 Å². The maximum absolute atomic E-state index is 13.4. The van der Waals surface area contributed by atoms with Gasteiger partial charge in [0.15, 0.2) is 0 Å². The third-order valence-electron chi connectivity index (χ3n) is 2.40. The zero-order chi connectivity index (χ0) is 13.8. The second kappa shape index (κ2) is 6.16. The van der Waals surface area contributed by atoms with E-state index in [1.165, 1.54) is 12.1 Å². The van der Waals surface area contributed by atoms with Crippen molar-refractivity contribution in [2.75, 3.05) is 6.54 Å². The highest BCUT2D eigenvalue weighted by Gasteiger charge is 2.13. The standard InChI is InChI=1S/C13H18ClFN2O/c1-13(2,16)8-17-12(18)7-6-9-10(14)4-3-5-11(9)15/h3-5H,6-8,16H2,1-2H3,(H,17,18). The number of nitrogens with two attached hydrogens (primary N) is 1. The minimum Gasteiger partial charge on any atom is -0.354 e. The molecule has 0 aromatic heterocycles. The summed E-state index contributed by atoms with van der Waals surface area (Å²) in [5, 5.41) is 3.05. The summed E-state index contributed by atoms with van der Waals surface area (Å²) in [6.07, 6.45) is 0.471. The Morgan fingerprint density at radius 3 is 2.72 bits per heavy atom. The van der Waals surface area contributed by atoms with Crippen LogP contribution in [0.15, 0.2) is 18.2 Å². The molecule has 0 saturated carbocycles. The van der Waals surface area contributed by atoms with Gasteiger partial charge in [0.05, 0.1) is 0 Å². The van der Waals surface area contributed by atoms with Gasteiger partial charge < -0.3 is 11.1 Å². The fourth-order valence-corrected chi connectivity index (χ4v) is 1.68. The van der Waals surface area contributed by atoms with Gasteiger partial charge in [-0.05, 0) is 32.4 Å². The average molecular weight is 273 g/mol. The van der Waals surface area contributed by atoms with Crippen LogP contribution in [0.3, 0.4) is 0 Å². The molecule has 0 aliphatic carbocycles. The maximum atomic E-state index is 13.4. The number of amides is 1. The number of nitrogens with one attached hydrogen (secondary N) is 1. The van der Waals surface area contributed by atoms with Crippen molar-refractivity contribution in [1.29, 1.82) is 0 Å².